The summed E-state index contributed by atoms with van der Waals surface area (Å²) in [4.78, 5) is 23.3. The summed E-state index contributed by atoms with van der Waals surface area (Å²) in [5.41, 5.74) is 2.81. The molecule has 110 valence electrons. The van der Waals surface area contributed by atoms with Crippen molar-refractivity contribution in [3.63, 3.8) is 0 Å². The fraction of sp³-hybridized carbons (Fsp3) is 0.412. The molecule has 1 aromatic heterocycles. The third kappa shape index (κ3) is 2.35. The minimum Gasteiger partial charge on any atom is -0.464 e. The van der Waals surface area contributed by atoms with Crippen molar-refractivity contribution < 1.29 is 14.0 Å². The Hall–Kier alpha value is -2.10. The fourth-order valence-electron chi connectivity index (χ4n) is 2.93. The van der Waals surface area contributed by atoms with Gasteiger partial charge in [0.05, 0.1) is 12.2 Å². The minimum atomic E-state index is -0.306. The van der Waals surface area contributed by atoms with Gasteiger partial charge in [-0.25, -0.2) is 0 Å². The Morgan fingerprint density at radius 2 is 2.00 bits per heavy atom. The Morgan fingerprint density at radius 1 is 1.24 bits per heavy atom. The molecule has 4 heteroatoms. The summed E-state index contributed by atoms with van der Waals surface area (Å²) >= 11 is 0. The second-order valence-electron chi connectivity index (χ2n) is 6.63. The first-order chi connectivity index (χ1) is 9.88. The van der Waals surface area contributed by atoms with Gasteiger partial charge in [0.15, 0.2) is 0 Å². The van der Waals surface area contributed by atoms with Crippen LogP contribution in [0.15, 0.2) is 28.9 Å². The number of carbonyl (C=O) groups is 2. The fourth-order valence-corrected chi connectivity index (χ4v) is 2.93. The highest BCUT2D eigenvalue weighted by Crippen LogP contribution is 2.37. The van der Waals surface area contributed by atoms with Crippen molar-refractivity contribution in [2.24, 2.45) is 0 Å². The van der Waals surface area contributed by atoms with E-state index in [1.54, 1.807) is 6.26 Å². The van der Waals surface area contributed by atoms with Gasteiger partial charge in [-0.1, -0.05) is 39.0 Å². The quantitative estimate of drug-likeness (QED) is 0.818. The van der Waals surface area contributed by atoms with Crippen LogP contribution in [0.1, 0.15) is 50.7 Å². The first kappa shape index (κ1) is 13.9. The molecule has 1 N–H and O–H groups in total. The minimum absolute atomic E-state index is 0.0284. The lowest BCUT2D eigenvalue weighted by atomic mass is 9.84. The number of carbonyl (C=O) groups excluding carboxylic acids is 2. The molecule has 2 aromatic rings. The predicted octanol–water partition coefficient (Wildman–Crippen LogP) is 3.25. The van der Waals surface area contributed by atoms with Crippen molar-refractivity contribution in [3.05, 3.63) is 35.6 Å². The molecule has 1 atom stereocenters. The lowest BCUT2D eigenvalue weighted by Crippen LogP contribution is -2.39. The highest BCUT2D eigenvalue weighted by atomic mass is 16.3. The molecule has 1 saturated heterocycles. The Labute approximate surface area is 123 Å². The molecular formula is C17H19NO3. The van der Waals surface area contributed by atoms with Gasteiger partial charge in [0.1, 0.15) is 5.58 Å². The van der Waals surface area contributed by atoms with Gasteiger partial charge in [-0.3, -0.25) is 14.9 Å². The molecule has 3 rings (SSSR count). The zero-order chi connectivity index (χ0) is 15.2. The van der Waals surface area contributed by atoms with E-state index in [0.717, 1.165) is 22.1 Å². The topological polar surface area (TPSA) is 59.3 Å². The van der Waals surface area contributed by atoms with E-state index in [0.29, 0.717) is 12.8 Å². The average molecular weight is 285 g/mol. The van der Waals surface area contributed by atoms with Crippen LogP contribution in [0, 0.1) is 0 Å². The third-order valence-corrected chi connectivity index (χ3v) is 4.05. The van der Waals surface area contributed by atoms with Crippen molar-refractivity contribution in [1.29, 1.82) is 0 Å². The Bertz CT molecular complexity index is 721. The summed E-state index contributed by atoms with van der Waals surface area (Å²) in [7, 11) is 0. The van der Waals surface area contributed by atoms with Gasteiger partial charge in [0.25, 0.3) is 0 Å². The smallest absolute Gasteiger partial charge is 0.234 e. The molecule has 0 saturated carbocycles. The molecule has 0 bridgehead atoms. The van der Waals surface area contributed by atoms with Crippen molar-refractivity contribution in [2.45, 2.75) is 44.9 Å². The van der Waals surface area contributed by atoms with Crippen LogP contribution in [0.25, 0.3) is 11.0 Å². The molecule has 0 radical (unpaired) electrons. The van der Waals surface area contributed by atoms with Crippen LogP contribution in [0.5, 0.6) is 0 Å². The van der Waals surface area contributed by atoms with Crippen molar-refractivity contribution >= 4 is 22.8 Å². The van der Waals surface area contributed by atoms with E-state index in [4.69, 9.17) is 4.42 Å². The number of hydrogen-bond acceptors (Lipinski definition) is 3. The van der Waals surface area contributed by atoms with Gasteiger partial charge in [-0.2, -0.15) is 0 Å². The van der Waals surface area contributed by atoms with E-state index >= 15 is 0 Å². The van der Waals surface area contributed by atoms with Crippen LogP contribution < -0.4 is 5.32 Å². The number of fused-ring (bicyclic) bond motifs is 1. The largest absolute Gasteiger partial charge is 0.464 e. The van der Waals surface area contributed by atoms with E-state index < -0.39 is 0 Å². The summed E-state index contributed by atoms with van der Waals surface area (Å²) in [5, 5.41) is 3.38. The highest BCUT2D eigenvalue weighted by Gasteiger charge is 2.31. The molecule has 0 aliphatic carbocycles. The maximum atomic E-state index is 12.1. The molecular weight excluding hydrogens is 266 g/mol. The average Bonchev–Trinajstić information content (AvgIpc) is 2.81. The zero-order valence-electron chi connectivity index (χ0n) is 12.5. The molecule has 21 heavy (non-hydrogen) atoms. The van der Waals surface area contributed by atoms with Gasteiger partial charge < -0.3 is 4.42 Å². The second-order valence-corrected chi connectivity index (χ2v) is 6.63. The van der Waals surface area contributed by atoms with Gasteiger partial charge in [-0.15, -0.1) is 0 Å². The molecule has 2 amide bonds. The Kier molecular flexibility index (Phi) is 3.12. The number of amides is 2. The number of piperidine rings is 1. The van der Waals surface area contributed by atoms with Crippen LogP contribution in [0.3, 0.4) is 0 Å². The van der Waals surface area contributed by atoms with Gasteiger partial charge in [-0.05, 0) is 11.8 Å². The summed E-state index contributed by atoms with van der Waals surface area (Å²) in [5.74, 6) is -0.728. The zero-order valence-corrected chi connectivity index (χ0v) is 12.5. The number of imide groups is 1. The SMILES string of the molecule is CC(C)(C)c1cccc2c(C3CCC(=O)NC3=O)coc12. The Morgan fingerprint density at radius 3 is 2.67 bits per heavy atom. The van der Waals surface area contributed by atoms with E-state index in [9.17, 15) is 9.59 Å². The normalized spacial score (nSPS) is 19.9. The Balaban J connectivity index is 2.09. The van der Waals surface area contributed by atoms with Crippen LogP contribution in [-0.2, 0) is 15.0 Å². The van der Waals surface area contributed by atoms with Crippen LogP contribution in [-0.4, -0.2) is 11.8 Å². The molecule has 1 aliphatic heterocycles. The van der Waals surface area contributed by atoms with Gasteiger partial charge in [0.2, 0.25) is 11.8 Å². The molecule has 1 unspecified atom stereocenters. The van der Waals surface area contributed by atoms with E-state index in [2.05, 4.69) is 32.2 Å². The van der Waals surface area contributed by atoms with Gasteiger partial charge in [0, 0.05) is 22.9 Å². The maximum absolute atomic E-state index is 12.1. The standard InChI is InChI=1S/C17H19NO3/c1-17(2,3)13-6-4-5-10-12(9-21-15(10)13)11-7-8-14(19)18-16(11)20/h4-6,9,11H,7-8H2,1-3H3,(H,18,19,20). The molecule has 2 heterocycles. The van der Waals surface area contributed by atoms with Crippen molar-refractivity contribution in [2.75, 3.05) is 0 Å². The van der Waals surface area contributed by atoms with E-state index in [-0.39, 0.29) is 23.1 Å². The monoisotopic (exact) mass is 285 g/mol. The van der Waals surface area contributed by atoms with E-state index in [1.165, 1.54) is 0 Å². The molecule has 1 aromatic carbocycles. The number of benzene rings is 1. The first-order valence-corrected chi connectivity index (χ1v) is 7.22. The number of nitrogens with one attached hydrogen (secondary N) is 1. The van der Waals surface area contributed by atoms with Crippen molar-refractivity contribution in [3.8, 4) is 0 Å². The van der Waals surface area contributed by atoms with Crippen molar-refractivity contribution in [1.82, 2.24) is 5.32 Å². The molecule has 1 aliphatic rings. The number of hydrogen-bond donors (Lipinski definition) is 1. The number of rotatable bonds is 1. The lowest BCUT2D eigenvalue weighted by molar-refractivity contribution is -0.134. The second kappa shape index (κ2) is 4.72. The third-order valence-electron chi connectivity index (χ3n) is 4.05. The summed E-state index contributed by atoms with van der Waals surface area (Å²) in [6, 6.07) is 6.03. The predicted molar refractivity (Wildman–Crippen MR) is 80.0 cm³/mol. The lowest BCUT2D eigenvalue weighted by Gasteiger charge is -2.21. The molecule has 1 fully saturated rings. The maximum Gasteiger partial charge on any atom is 0.234 e. The molecule has 0 spiro atoms. The van der Waals surface area contributed by atoms with Crippen LogP contribution in [0.4, 0.5) is 0 Å². The molecule has 4 nitrogen and oxygen atoms in total. The van der Waals surface area contributed by atoms with Crippen LogP contribution in [0.2, 0.25) is 0 Å². The number of para-hydroxylation sites is 1. The summed E-state index contributed by atoms with van der Waals surface area (Å²) in [6.07, 6.45) is 2.58. The van der Waals surface area contributed by atoms with E-state index in [1.807, 2.05) is 12.1 Å². The number of furan rings is 1. The highest BCUT2D eigenvalue weighted by molar-refractivity contribution is 6.02. The summed E-state index contributed by atoms with van der Waals surface area (Å²) in [6.45, 7) is 6.40. The summed E-state index contributed by atoms with van der Waals surface area (Å²) < 4.78 is 5.77. The van der Waals surface area contributed by atoms with Crippen LogP contribution >= 0.6 is 0 Å². The van der Waals surface area contributed by atoms with Gasteiger partial charge >= 0.3 is 0 Å². The first-order valence-electron chi connectivity index (χ1n) is 7.22.